The van der Waals surface area contributed by atoms with Crippen LogP contribution in [0, 0.1) is 6.61 Å². The Labute approximate surface area is 78.3 Å². The van der Waals surface area contributed by atoms with Crippen molar-refractivity contribution in [1.29, 1.82) is 0 Å². The molecule has 0 spiro atoms. The average molecular weight is 171 g/mol. The number of ether oxygens (including phenoxy) is 1. The van der Waals surface area contributed by atoms with Crippen LogP contribution in [0.2, 0.25) is 0 Å². The van der Waals surface area contributed by atoms with E-state index in [1.54, 1.807) is 12.9 Å². The number of hydrogen-bond donors (Lipinski definition) is 0. The van der Waals surface area contributed by atoms with Gasteiger partial charge in [-0.25, -0.2) is 0 Å². The molecule has 0 aromatic heterocycles. The Hall–Kier alpha value is -1.50. The van der Waals surface area contributed by atoms with Crippen molar-refractivity contribution in [2.24, 2.45) is 0 Å². The highest BCUT2D eigenvalue weighted by atomic mass is 16.5. The summed E-state index contributed by atoms with van der Waals surface area (Å²) in [6.07, 6.45) is 6.59. The Balaban J connectivity index is 2.06. The van der Waals surface area contributed by atoms with Crippen LogP contribution in [0.15, 0.2) is 54.3 Å². The molecular formula is C12H11O. The quantitative estimate of drug-likeness (QED) is 0.664. The van der Waals surface area contributed by atoms with Crippen molar-refractivity contribution in [3.05, 3.63) is 66.5 Å². The van der Waals surface area contributed by atoms with Gasteiger partial charge in [0.1, 0.15) is 0 Å². The lowest BCUT2D eigenvalue weighted by molar-refractivity contribution is 0.343. The molecule has 0 unspecified atom stereocenters. The van der Waals surface area contributed by atoms with Crippen LogP contribution in [0.25, 0.3) is 0 Å². The van der Waals surface area contributed by atoms with Gasteiger partial charge in [0.2, 0.25) is 0 Å². The van der Waals surface area contributed by atoms with Gasteiger partial charge in [0.15, 0.2) is 6.61 Å². The molecule has 0 aliphatic carbocycles. The SMILES string of the molecule is [CH]1OC=CC=C1Cc1ccccc1. The molecule has 1 aliphatic heterocycles. The Bertz CT molecular complexity index is 322. The molecule has 13 heavy (non-hydrogen) atoms. The van der Waals surface area contributed by atoms with E-state index in [9.17, 15) is 0 Å². The summed E-state index contributed by atoms with van der Waals surface area (Å²) < 4.78 is 5.08. The van der Waals surface area contributed by atoms with Crippen molar-refractivity contribution < 1.29 is 4.74 Å². The van der Waals surface area contributed by atoms with E-state index in [4.69, 9.17) is 4.74 Å². The van der Waals surface area contributed by atoms with E-state index in [0.717, 1.165) is 6.42 Å². The first-order valence-corrected chi connectivity index (χ1v) is 4.33. The highest BCUT2D eigenvalue weighted by molar-refractivity contribution is 5.28. The lowest BCUT2D eigenvalue weighted by atomic mass is 10.1. The first-order valence-electron chi connectivity index (χ1n) is 4.33. The number of hydrogen-bond acceptors (Lipinski definition) is 1. The monoisotopic (exact) mass is 171 g/mol. The normalized spacial score (nSPS) is 14.9. The standard InChI is InChI=1S/C12H11O/c1-2-5-11(6-3-1)9-12-7-4-8-13-10-12/h1-8,10H,9H2. The predicted molar refractivity (Wildman–Crippen MR) is 52.8 cm³/mol. The molecule has 1 nitrogen and oxygen atoms in total. The minimum atomic E-state index is 0.936. The second-order valence-corrected chi connectivity index (χ2v) is 2.99. The van der Waals surface area contributed by atoms with Gasteiger partial charge in [0, 0.05) is 0 Å². The van der Waals surface area contributed by atoms with Crippen LogP contribution in [0.5, 0.6) is 0 Å². The molecule has 1 heterocycles. The maximum Gasteiger partial charge on any atom is 0.160 e. The molecule has 0 saturated carbocycles. The van der Waals surface area contributed by atoms with E-state index < -0.39 is 0 Å². The van der Waals surface area contributed by atoms with Crippen LogP contribution in [-0.2, 0) is 11.2 Å². The molecular weight excluding hydrogens is 160 g/mol. The van der Waals surface area contributed by atoms with E-state index in [2.05, 4.69) is 30.3 Å². The fourth-order valence-corrected chi connectivity index (χ4v) is 1.31. The maximum atomic E-state index is 5.08. The van der Waals surface area contributed by atoms with Gasteiger partial charge < -0.3 is 4.74 Å². The third-order valence-electron chi connectivity index (χ3n) is 1.94. The summed E-state index contributed by atoms with van der Waals surface area (Å²) in [5.74, 6) is 0. The van der Waals surface area contributed by atoms with Gasteiger partial charge >= 0.3 is 0 Å². The molecule has 1 heteroatoms. The minimum Gasteiger partial charge on any atom is -0.489 e. The summed E-state index contributed by atoms with van der Waals surface area (Å²) in [5, 5.41) is 0. The molecule has 0 fully saturated rings. The van der Waals surface area contributed by atoms with Crippen molar-refractivity contribution in [1.82, 2.24) is 0 Å². The van der Waals surface area contributed by atoms with Gasteiger partial charge in [0.05, 0.1) is 6.26 Å². The zero-order valence-corrected chi connectivity index (χ0v) is 7.31. The van der Waals surface area contributed by atoms with Crippen molar-refractivity contribution in [3.8, 4) is 0 Å². The third-order valence-corrected chi connectivity index (χ3v) is 1.94. The Morgan fingerprint density at radius 3 is 2.62 bits per heavy atom. The largest absolute Gasteiger partial charge is 0.489 e. The molecule has 65 valence electrons. The zero-order chi connectivity index (χ0) is 8.93. The van der Waals surface area contributed by atoms with Gasteiger partial charge in [-0.3, -0.25) is 0 Å². The Morgan fingerprint density at radius 1 is 1.08 bits per heavy atom. The fourth-order valence-electron chi connectivity index (χ4n) is 1.31. The summed E-state index contributed by atoms with van der Waals surface area (Å²) in [4.78, 5) is 0. The lowest BCUT2D eigenvalue weighted by Gasteiger charge is -2.08. The highest BCUT2D eigenvalue weighted by Gasteiger charge is 2.01. The van der Waals surface area contributed by atoms with Crippen LogP contribution in [0.1, 0.15) is 5.56 Å². The second-order valence-electron chi connectivity index (χ2n) is 2.99. The summed E-state index contributed by atoms with van der Waals surface area (Å²) in [6.45, 7) is 1.78. The van der Waals surface area contributed by atoms with Gasteiger partial charge in [-0.15, -0.1) is 0 Å². The van der Waals surface area contributed by atoms with Crippen LogP contribution in [-0.4, -0.2) is 0 Å². The van der Waals surface area contributed by atoms with Crippen LogP contribution in [0.3, 0.4) is 0 Å². The smallest absolute Gasteiger partial charge is 0.160 e. The van der Waals surface area contributed by atoms with E-state index >= 15 is 0 Å². The van der Waals surface area contributed by atoms with Crippen molar-refractivity contribution >= 4 is 0 Å². The van der Waals surface area contributed by atoms with Gasteiger partial charge in [-0.2, -0.15) is 0 Å². The Kier molecular flexibility index (Phi) is 2.46. The first-order chi connectivity index (χ1) is 6.45. The van der Waals surface area contributed by atoms with Gasteiger partial charge in [-0.1, -0.05) is 36.4 Å². The maximum absolute atomic E-state index is 5.08. The molecule has 2 rings (SSSR count). The van der Waals surface area contributed by atoms with E-state index in [1.165, 1.54) is 11.1 Å². The molecule has 0 bridgehead atoms. The summed E-state index contributed by atoms with van der Waals surface area (Å²) in [5.41, 5.74) is 2.51. The molecule has 0 N–H and O–H groups in total. The van der Waals surface area contributed by atoms with E-state index in [0.29, 0.717) is 0 Å². The average Bonchev–Trinajstić information content (AvgIpc) is 2.21. The summed E-state index contributed by atoms with van der Waals surface area (Å²) >= 11 is 0. The molecule has 0 atom stereocenters. The number of allylic oxidation sites excluding steroid dienone is 2. The number of benzene rings is 1. The topological polar surface area (TPSA) is 9.23 Å². The molecule has 1 radical (unpaired) electrons. The fraction of sp³-hybridized carbons (Fsp3) is 0.0833. The summed E-state index contributed by atoms with van der Waals surface area (Å²) in [6, 6.07) is 10.4. The second kappa shape index (κ2) is 3.94. The highest BCUT2D eigenvalue weighted by Crippen LogP contribution is 2.14. The summed E-state index contributed by atoms with van der Waals surface area (Å²) in [7, 11) is 0. The zero-order valence-electron chi connectivity index (χ0n) is 7.31. The minimum absolute atomic E-state index is 0.936. The lowest BCUT2D eigenvalue weighted by Crippen LogP contribution is -1.95. The molecule has 1 aliphatic rings. The van der Waals surface area contributed by atoms with Crippen molar-refractivity contribution in [2.75, 3.05) is 0 Å². The van der Waals surface area contributed by atoms with E-state index in [-0.39, 0.29) is 0 Å². The first kappa shape index (κ1) is 8.11. The molecule has 1 aromatic rings. The predicted octanol–water partition coefficient (Wildman–Crippen LogP) is 2.86. The van der Waals surface area contributed by atoms with Crippen molar-refractivity contribution in [2.45, 2.75) is 6.42 Å². The van der Waals surface area contributed by atoms with Gasteiger partial charge in [-0.05, 0) is 23.6 Å². The van der Waals surface area contributed by atoms with E-state index in [1.807, 2.05) is 12.1 Å². The molecule has 1 aromatic carbocycles. The Morgan fingerprint density at radius 2 is 1.92 bits per heavy atom. The van der Waals surface area contributed by atoms with Crippen molar-refractivity contribution in [3.63, 3.8) is 0 Å². The van der Waals surface area contributed by atoms with Crippen LogP contribution >= 0.6 is 0 Å². The number of rotatable bonds is 2. The van der Waals surface area contributed by atoms with Gasteiger partial charge in [0.25, 0.3) is 0 Å². The van der Waals surface area contributed by atoms with Crippen LogP contribution in [0.4, 0.5) is 0 Å². The third kappa shape index (κ3) is 2.22. The van der Waals surface area contributed by atoms with Crippen LogP contribution < -0.4 is 0 Å². The molecule has 0 saturated heterocycles. The molecule has 0 amide bonds.